The van der Waals surface area contributed by atoms with E-state index >= 15 is 0 Å². The minimum absolute atomic E-state index is 0.0525. The van der Waals surface area contributed by atoms with Crippen LogP contribution in [0.1, 0.15) is 26.2 Å². The predicted molar refractivity (Wildman–Crippen MR) is 51.9 cm³/mol. The zero-order chi connectivity index (χ0) is 9.40. The van der Waals surface area contributed by atoms with Gasteiger partial charge in [0.25, 0.3) is 0 Å². The fourth-order valence-electron chi connectivity index (χ4n) is 0.794. The lowest BCUT2D eigenvalue weighted by atomic mass is 10.1. The maximum atomic E-state index is 11.1. The lowest BCUT2D eigenvalue weighted by Crippen LogP contribution is -2.24. The van der Waals surface area contributed by atoms with E-state index in [0.717, 1.165) is 19.3 Å². The zero-order valence-electron chi connectivity index (χ0n) is 7.73. The van der Waals surface area contributed by atoms with Gasteiger partial charge < -0.3 is 5.32 Å². The second-order valence-corrected chi connectivity index (χ2v) is 2.71. The predicted octanol–water partition coefficient (Wildman–Crippen LogP) is 2.04. The first-order valence-corrected chi connectivity index (χ1v) is 4.29. The molecule has 1 N–H and O–H groups in total. The largest absolute Gasteiger partial charge is 0.349 e. The van der Waals surface area contributed by atoms with Crippen molar-refractivity contribution in [3.63, 3.8) is 0 Å². The molecule has 0 aliphatic heterocycles. The van der Waals surface area contributed by atoms with Crippen LogP contribution < -0.4 is 5.32 Å². The molecule has 0 spiro atoms. The van der Waals surface area contributed by atoms with Crippen LogP contribution in [0.3, 0.4) is 0 Å². The molecule has 0 aromatic heterocycles. The van der Waals surface area contributed by atoms with Gasteiger partial charge in [-0.05, 0) is 12.8 Å². The van der Waals surface area contributed by atoms with E-state index in [9.17, 15) is 4.79 Å². The first-order valence-electron chi connectivity index (χ1n) is 4.29. The Bertz CT molecular complexity index is 173. The minimum Gasteiger partial charge on any atom is -0.349 e. The lowest BCUT2D eigenvalue weighted by Gasteiger charge is -2.03. The molecular weight excluding hydrogens is 150 g/mol. The number of hydrogen-bond donors (Lipinski definition) is 1. The van der Waals surface area contributed by atoms with E-state index in [2.05, 4.69) is 25.4 Å². The van der Waals surface area contributed by atoms with Crippen molar-refractivity contribution in [2.45, 2.75) is 26.2 Å². The Kier molecular flexibility index (Phi) is 6.07. The molecule has 0 aliphatic carbocycles. The topological polar surface area (TPSA) is 29.1 Å². The Morgan fingerprint density at radius 1 is 1.58 bits per heavy atom. The van der Waals surface area contributed by atoms with Crippen molar-refractivity contribution >= 4 is 5.91 Å². The molecule has 0 aromatic carbocycles. The van der Waals surface area contributed by atoms with Crippen molar-refractivity contribution in [2.24, 2.45) is 0 Å². The molecule has 0 aromatic rings. The summed E-state index contributed by atoms with van der Waals surface area (Å²) in [7, 11) is 0. The Morgan fingerprint density at radius 3 is 2.75 bits per heavy atom. The third kappa shape index (κ3) is 4.72. The Hall–Kier alpha value is -1.05. The molecule has 2 nitrogen and oxygen atoms in total. The van der Waals surface area contributed by atoms with Crippen LogP contribution in [0, 0.1) is 0 Å². The molecule has 0 heterocycles. The molecule has 0 rings (SSSR count). The molecular formula is C10H17NO. The molecule has 0 unspecified atom stereocenters. The second-order valence-electron chi connectivity index (χ2n) is 2.71. The van der Waals surface area contributed by atoms with Gasteiger partial charge in [-0.2, -0.15) is 0 Å². The molecule has 68 valence electrons. The number of nitrogens with one attached hydrogen (secondary N) is 1. The number of carbonyl (C=O) groups excluding carboxylic acids is 1. The highest BCUT2D eigenvalue weighted by Gasteiger charge is 2.03. The highest BCUT2D eigenvalue weighted by atomic mass is 16.1. The maximum Gasteiger partial charge on any atom is 0.246 e. The summed E-state index contributed by atoms with van der Waals surface area (Å²) in [6, 6.07) is 0. The van der Waals surface area contributed by atoms with Gasteiger partial charge in [0.15, 0.2) is 0 Å². The Labute approximate surface area is 74.4 Å². The fourth-order valence-corrected chi connectivity index (χ4v) is 0.794. The van der Waals surface area contributed by atoms with Crippen molar-refractivity contribution in [1.29, 1.82) is 0 Å². The van der Waals surface area contributed by atoms with E-state index in [4.69, 9.17) is 0 Å². The van der Waals surface area contributed by atoms with Gasteiger partial charge in [-0.15, -0.1) is 6.58 Å². The van der Waals surface area contributed by atoms with E-state index in [1.54, 1.807) is 6.08 Å². The van der Waals surface area contributed by atoms with Gasteiger partial charge in [0.1, 0.15) is 0 Å². The van der Waals surface area contributed by atoms with Crippen LogP contribution in [0.2, 0.25) is 0 Å². The normalized spacial score (nSPS) is 9.08. The number of amides is 1. The molecule has 2 heteroatoms. The smallest absolute Gasteiger partial charge is 0.246 e. The third-order valence-electron chi connectivity index (χ3n) is 1.56. The number of carbonyl (C=O) groups is 1. The third-order valence-corrected chi connectivity index (χ3v) is 1.56. The molecule has 0 saturated heterocycles. The average molecular weight is 167 g/mol. The van der Waals surface area contributed by atoms with Crippen molar-refractivity contribution in [2.75, 3.05) is 6.54 Å². The van der Waals surface area contributed by atoms with Crippen molar-refractivity contribution in [3.8, 4) is 0 Å². The summed E-state index contributed by atoms with van der Waals surface area (Å²) in [6.45, 7) is 9.82. The van der Waals surface area contributed by atoms with Crippen molar-refractivity contribution in [3.05, 3.63) is 24.8 Å². The van der Waals surface area contributed by atoms with Gasteiger partial charge in [-0.1, -0.05) is 26.0 Å². The molecule has 0 bridgehead atoms. The van der Waals surface area contributed by atoms with Crippen LogP contribution in [-0.4, -0.2) is 12.5 Å². The van der Waals surface area contributed by atoms with Gasteiger partial charge in [-0.25, -0.2) is 0 Å². The van der Waals surface area contributed by atoms with Crippen molar-refractivity contribution in [1.82, 2.24) is 5.32 Å². The first kappa shape index (κ1) is 11.0. The molecule has 0 aliphatic rings. The standard InChI is InChI=1S/C10H17NO/c1-4-6-7-9(3)10(12)11-8-5-2/h5H,2-4,6-8H2,1H3,(H,11,12). The van der Waals surface area contributed by atoms with E-state index in [1.165, 1.54) is 0 Å². The highest BCUT2D eigenvalue weighted by Crippen LogP contribution is 2.03. The first-order chi connectivity index (χ1) is 5.72. The summed E-state index contributed by atoms with van der Waals surface area (Å²) in [6.07, 6.45) is 4.57. The average Bonchev–Trinajstić information content (AvgIpc) is 2.10. The van der Waals surface area contributed by atoms with Crippen molar-refractivity contribution < 1.29 is 4.79 Å². The molecule has 12 heavy (non-hydrogen) atoms. The summed E-state index contributed by atoms with van der Waals surface area (Å²) >= 11 is 0. The molecule has 0 fully saturated rings. The van der Waals surface area contributed by atoms with Gasteiger partial charge >= 0.3 is 0 Å². The Morgan fingerprint density at radius 2 is 2.25 bits per heavy atom. The van der Waals surface area contributed by atoms with E-state index in [-0.39, 0.29) is 5.91 Å². The summed E-state index contributed by atoms with van der Waals surface area (Å²) in [5, 5.41) is 2.68. The lowest BCUT2D eigenvalue weighted by molar-refractivity contribution is -0.117. The molecule has 1 amide bonds. The second kappa shape index (κ2) is 6.65. The molecule has 0 radical (unpaired) electrons. The molecule has 0 atom stereocenters. The monoisotopic (exact) mass is 167 g/mol. The van der Waals surface area contributed by atoms with E-state index < -0.39 is 0 Å². The van der Waals surface area contributed by atoms with E-state index in [1.807, 2.05) is 0 Å². The fraction of sp³-hybridized carbons (Fsp3) is 0.500. The minimum atomic E-state index is -0.0525. The summed E-state index contributed by atoms with van der Waals surface area (Å²) in [4.78, 5) is 11.1. The Balaban J connectivity index is 3.61. The van der Waals surface area contributed by atoms with Gasteiger partial charge in [0.2, 0.25) is 5.91 Å². The zero-order valence-corrected chi connectivity index (χ0v) is 7.73. The van der Waals surface area contributed by atoms with Crippen LogP contribution >= 0.6 is 0 Å². The summed E-state index contributed by atoms with van der Waals surface area (Å²) in [5.74, 6) is -0.0525. The number of rotatable bonds is 6. The van der Waals surface area contributed by atoms with E-state index in [0.29, 0.717) is 12.1 Å². The summed E-state index contributed by atoms with van der Waals surface area (Å²) < 4.78 is 0. The van der Waals surface area contributed by atoms with Crippen LogP contribution in [0.4, 0.5) is 0 Å². The van der Waals surface area contributed by atoms with Crippen LogP contribution in [0.5, 0.6) is 0 Å². The number of hydrogen-bond acceptors (Lipinski definition) is 1. The van der Waals surface area contributed by atoms with Gasteiger partial charge in [0.05, 0.1) is 0 Å². The quantitative estimate of drug-likeness (QED) is 0.476. The van der Waals surface area contributed by atoms with Crippen LogP contribution in [0.25, 0.3) is 0 Å². The number of unbranched alkanes of at least 4 members (excludes halogenated alkanes) is 1. The van der Waals surface area contributed by atoms with Crippen LogP contribution in [0.15, 0.2) is 24.8 Å². The van der Waals surface area contributed by atoms with Gasteiger partial charge in [0, 0.05) is 12.1 Å². The summed E-state index contributed by atoms with van der Waals surface area (Å²) in [5.41, 5.74) is 0.665. The van der Waals surface area contributed by atoms with Gasteiger partial charge in [-0.3, -0.25) is 4.79 Å². The molecule has 0 saturated carbocycles. The highest BCUT2D eigenvalue weighted by molar-refractivity contribution is 5.92. The maximum absolute atomic E-state index is 11.1. The SMILES string of the molecule is C=CCNC(=O)C(=C)CCCC. The van der Waals surface area contributed by atoms with Crippen LogP contribution in [-0.2, 0) is 4.79 Å².